The van der Waals surface area contributed by atoms with E-state index in [1.807, 2.05) is 12.1 Å². The lowest BCUT2D eigenvalue weighted by molar-refractivity contribution is 0.708. The lowest BCUT2D eigenvalue weighted by atomic mass is 9.97. The Labute approximate surface area is 107 Å². The van der Waals surface area contributed by atoms with Crippen LogP contribution in [0, 0.1) is 0 Å². The first-order valence-corrected chi connectivity index (χ1v) is 6.75. The molecule has 2 N–H and O–H groups in total. The molecule has 0 amide bonds. The Kier molecular flexibility index (Phi) is 2.83. The van der Waals surface area contributed by atoms with Crippen molar-refractivity contribution < 1.29 is 0 Å². The Morgan fingerprint density at radius 1 is 1.17 bits per heavy atom. The van der Waals surface area contributed by atoms with Gasteiger partial charge in [-0.05, 0) is 18.1 Å². The highest BCUT2D eigenvalue weighted by Crippen LogP contribution is 2.36. The number of hydrogen-bond acceptors (Lipinski definition) is 3. The number of fused-ring (bicyclic) bond motifs is 1. The normalized spacial score (nSPS) is 18.3. The fourth-order valence-corrected chi connectivity index (χ4v) is 3.37. The third-order valence-electron chi connectivity index (χ3n) is 3.14. The predicted molar refractivity (Wildman–Crippen MR) is 71.3 cm³/mol. The van der Waals surface area contributed by atoms with Gasteiger partial charge in [-0.25, -0.2) is 0 Å². The number of H-pyrrole nitrogens is 2. The molecule has 1 aromatic carbocycles. The standard InChI is InChI=1S/C13H12N2O2S/c16-12-13(17)15-10(6-14-12)9-5-8-3-1-2-4-11(8)18-7-9/h1-4,6,9H,5,7H2,(H,14,16)(H,15,17). The van der Waals surface area contributed by atoms with Gasteiger partial charge in [0.05, 0.1) is 0 Å². The average Bonchev–Trinajstić information content (AvgIpc) is 2.41. The zero-order valence-corrected chi connectivity index (χ0v) is 10.4. The van der Waals surface area contributed by atoms with Crippen LogP contribution in [0.4, 0.5) is 0 Å². The number of aromatic amines is 2. The van der Waals surface area contributed by atoms with Gasteiger partial charge in [0.2, 0.25) is 0 Å². The maximum atomic E-state index is 11.3. The van der Waals surface area contributed by atoms with E-state index in [4.69, 9.17) is 0 Å². The molecule has 0 radical (unpaired) electrons. The van der Waals surface area contributed by atoms with Crippen LogP contribution in [0.15, 0.2) is 44.9 Å². The predicted octanol–water partition coefficient (Wildman–Crippen LogP) is 1.50. The summed E-state index contributed by atoms with van der Waals surface area (Å²) >= 11 is 1.79. The minimum absolute atomic E-state index is 0.245. The molecule has 1 aliphatic heterocycles. The molecule has 0 fully saturated rings. The maximum Gasteiger partial charge on any atom is 0.313 e. The Hall–Kier alpha value is -1.75. The van der Waals surface area contributed by atoms with E-state index in [-0.39, 0.29) is 5.92 Å². The molecule has 1 unspecified atom stereocenters. The molecule has 5 heteroatoms. The summed E-state index contributed by atoms with van der Waals surface area (Å²) in [4.78, 5) is 28.8. The van der Waals surface area contributed by atoms with Gasteiger partial charge in [0.1, 0.15) is 0 Å². The second-order valence-electron chi connectivity index (χ2n) is 4.35. The molecule has 92 valence electrons. The van der Waals surface area contributed by atoms with Crippen molar-refractivity contribution >= 4 is 11.8 Å². The summed E-state index contributed by atoms with van der Waals surface area (Å²) in [5, 5.41) is 0. The molecule has 2 heterocycles. The first-order chi connectivity index (χ1) is 8.74. The third-order valence-corrected chi connectivity index (χ3v) is 4.42. The number of aromatic nitrogens is 2. The van der Waals surface area contributed by atoms with Crippen LogP contribution in [0.5, 0.6) is 0 Å². The van der Waals surface area contributed by atoms with Crippen molar-refractivity contribution in [2.75, 3.05) is 5.75 Å². The lowest BCUT2D eigenvalue weighted by Gasteiger charge is -2.23. The van der Waals surface area contributed by atoms with Crippen LogP contribution in [0.25, 0.3) is 0 Å². The van der Waals surface area contributed by atoms with Crippen LogP contribution in [0.2, 0.25) is 0 Å². The smallest absolute Gasteiger partial charge is 0.313 e. The van der Waals surface area contributed by atoms with Crippen LogP contribution in [0.1, 0.15) is 17.2 Å². The van der Waals surface area contributed by atoms with Crippen LogP contribution >= 0.6 is 11.8 Å². The van der Waals surface area contributed by atoms with E-state index in [0.29, 0.717) is 0 Å². The quantitative estimate of drug-likeness (QED) is 0.764. The summed E-state index contributed by atoms with van der Waals surface area (Å²) in [5.41, 5.74) is 0.936. The molecule has 18 heavy (non-hydrogen) atoms. The van der Waals surface area contributed by atoms with Crippen molar-refractivity contribution in [1.29, 1.82) is 0 Å². The zero-order chi connectivity index (χ0) is 12.5. The third kappa shape index (κ3) is 2.01. The molecule has 1 aliphatic rings. The van der Waals surface area contributed by atoms with Crippen LogP contribution in [0.3, 0.4) is 0 Å². The monoisotopic (exact) mass is 260 g/mol. The van der Waals surface area contributed by atoms with Gasteiger partial charge in [0.25, 0.3) is 0 Å². The maximum absolute atomic E-state index is 11.3. The molecule has 3 rings (SSSR count). The van der Waals surface area contributed by atoms with Crippen LogP contribution < -0.4 is 11.1 Å². The van der Waals surface area contributed by atoms with Crippen LogP contribution in [-0.2, 0) is 6.42 Å². The van der Waals surface area contributed by atoms with Gasteiger partial charge in [0.15, 0.2) is 0 Å². The number of nitrogens with one attached hydrogen (secondary N) is 2. The molecule has 0 bridgehead atoms. The molecule has 0 spiro atoms. The lowest BCUT2D eigenvalue weighted by Crippen LogP contribution is -2.31. The molecule has 4 nitrogen and oxygen atoms in total. The SMILES string of the molecule is O=c1[nH]cc(C2CSc3ccccc3C2)[nH]c1=O. The molecule has 0 saturated heterocycles. The first kappa shape index (κ1) is 11.3. The van der Waals surface area contributed by atoms with Crippen molar-refractivity contribution in [3.05, 3.63) is 62.4 Å². The Bertz CT molecular complexity index is 690. The topological polar surface area (TPSA) is 65.7 Å². The van der Waals surface area contributed by atoms with Crippen molar-refractivity contribution in [1.82, 2.24) is 9.97 Å². The van der Waals surface area contributed by atoms with Gasteiger partial charge in [-0.2, -0.15) is 0 Å². The fourth-order valence-electron chi connectivity index (χ4n) is 2.18. The highest BCUT2D eigenvalue weighted by atomic mass is 32.2. The van der Waals surface area contributed by atoms with Gasteiger partial charge >= 0.3 is 11.1 Å². The van der Waals surface area contributed by atoms with Crippen molar-refractivity contribution in [3.8, 4) is 0 Å². The Morgan fingerprint density at radius 3 is 2.83 bits per heavy atom. The van der Waals surface area contributed by atoms with Gasteiger partial charge < -0.3 is 9.97 Å². The summed E-state index contributed by atoms with van der Waals surface area (Å²) in [5.74, 6) is 1.16. The molecule has 0 aliphatic carbocycles. The first-order valence-electron chi connectivity index (χ1n) is 5.76. The molecule has 1 atom stereocenters. The molecular weight excluding hydrogens is 248 g/mol. The molecule has 0 saturated carbocycles. The van der Waals surface area contributed by atoms with Gasteiger partial charge in [-0.15, -0.1) is 11.8 Å². The average molecular weight is 260 g/mol. The van der Waals surface area contributed by atoms with Crippen molar-refractivity contribution in [2.45, 2.75) is 17.2 Å². The molecular formula is C13H12N2O2S. The number of rotatable bonds is 1. The van der Waals surface area contributed by atoms with Gasteiger partial charge in [-0.3, -0.25) is 9.59 Å². The molecule has 2 aromatic rings. The minimum Gasteiger partial charge on any atom is -0.323 e. The van der Waals surface area contributed by atoms with E-state index >= 15 is 0 Å². The highest BCUT2D eigenvalue weighted by Gasteiger charge is 2.21. The number of hydrogen-bond donors (Lipinski definition) is 2. The summed E-state index contributed by atoms with van der Waals surface area (Å²) in [6.07, 6.45) is 2.51. The van der Waals surface area contributed by atoms with Crippen molar-refractivity contribution in [2.24, 2.45) is 0 Å². The minimum atomic E-state index is -0.595. The van der Waals surface area contributed by atoms with Gasteiger partial charge in [-0.1, -0.05) is 18.2 Å². The Balaban J connectivity index is 1.94. The highest BCUT2D eigenvalue weighted by molar-refractivity contribution is 7.99. The second-order valence-corrected chi connectivity index (χ2v) is 5.41. The largest absolute Gasteiger partial charge is 0.323 e. The second kappa shape index (κ2) is 4.49. The summed E-state index contributed by atoms with van der Waals surface area (Å²) in [7, 11) is 0. The van der Waals surface area contributed by atoms with E-state index < -0.39 is 11.1 Å². The van der Waals surface area contributed by atoms with E-state index in [9.17, 15) is 9.59 Å². The number of benzene rings is 1. The van der Waals surface area contributed by atoms with Crippen LogP contribution in [-0.4, -0.2) is 15.7 Å². The molecule has 1 aromatic heterocycles. The summed E-state index contributed by atoms with van der Waals surface area (Å²) < 4.78 is 0. The van der Waals surface area contributed by atoms with Gasteiger partial charge in [0, 0.05) is 28.5 Å². The number of thioether (sulfide) groups is 1. The van der Waals surface area contributed by atoms with E-state index in [1.54, 1.807) is 18.0 Å². The fraction of sp³-hybridized carbons (Fsp3) is 0.231. The Morgan fingerprint density at radius 2 is 2.00 bits per heavy atom. The van der Waals surface area contributed by atoms with E-state index in [1.165, 1.54) is 10.5 Å². The van der Waals surface area contributed by atoms with E-state index in [0.717, 1.165) is 17.9 Å². The zero-order valence-electron chi connectivity index (χ0n) is 9.60. The van der Waals surface area contributed by atoms with Crippen molar-refractivity contribution in [3.63, 3.8) is 0 Å². The van der Waals surface area contributed by atoms with E-state index in [2.05, 4.69) is 22.1 Å². The summed E-state index contributed by atoms with van der Waals surface area (Å²) in [6, 6.07) is 8.29. The summed E-state index contributed by atoms with van der Waals surface area (Å²) in [6.45, 7) is 0.